The molecule has 0 aliphatic heterocycles. The summed E-state index contributed by atoms with van der Waals surface area (Å²) >= 11 is 0. The minimum absolute atomic E-state index is 0.0524. The van der Waals surface area contributed by atoms with Gasteiger partial charge in [-0.2, -0.15) is 0 Å². The average molecular weight is 499 g/mol. The summed E-state index contributed by atoms with van der Waals surface area (Å²) in [4.78, 5) is 0. The Bertz CT molecular complexity index is 511. The maximum atomic E-state index is 6.49. The Labute approximate surface area is 211 Å². The molecule has 0 spiro atoms. The molecular weight excluding hydrogens is 440 g/mol. The van der Waals surface area contributed by atoms with Gasteiger partial charge in [-0.15, -0.1) is 0 Å². The van der Waals surface area contributed by atoms with Gasteiger partial charge in [0.05, 0.1) is 11.2 Å². The van der Waals surface area contributed by atoms with Gasteiger partial charge in [-0.05, 0) is 113 Å². The predicted octanol–water partition coefficient (Wildman–Crippen LogP) is 6.81. The van der Waals surface area contributed by atoms with E-state index in [0.717, 1.165) is 25.0 Å². The fraction of sp³-hybridized carbons (Fsp3) is 1.00. The van der Waals surface area contributed by atoms with Gasteiger partial charge < -0.3 is 13.6 Å². The van der Waals surface area contributed by atoms with E-state index < -0.39 is 19.5 Å². The zero-order valence-corrected chi connectivity index (χ0v) is 26.8. The second-order valence-corrected chi connectivity index (χ2v) is 20.3. The summed E-state index contributed by atoms with van der Waals surface area (Å²) in [5.41, 5.74) is 0.105. The maximum Gasteiger partial charge on any atom is 0.167 e. The molecule has 196 valence electrons. The molecule has 5 heteroatoms. The van der Waals surface area contributed by atoms with E-state index in [1.165, 1.54) is 51.4 Å². The highest BCUT2D eigenvalue weighted by Crippen LogP contribution is 2.40. The Morgan fingerprint density at radius 1 is 0.515 bits per heavy atom. The summed E-state index contributed by atoms with van der Waals surface area (Å²) in [6, 6.07) is 0. The zero-order valence-electron chi connectivity index (χ0n) is 24.0. The van der Waals surface area contributed by atoms with Crippen LogP contribution in [0.4, 0.5) is 0 Å². The SMILES string of the molecule is CC(C)(C)[SiH2]OC(C)(C)C1CCC(COCC2CCC(C(C)(C)O[SiH2]C(C)(C)C)CC2)CC1. The van der Waals surface area contributed by atoms with Crippen LogP contribution in [0.5, 0.6) is 0 Å². The van der Waals surface area contributed by atoms with E-state index in [1.807, 2.05) is 0 Å². The van der Waals surface area contributed by atoms with Crippen LogP contribution in [0.25, 0.3) is 0 Å². The Balaban J connectivity index is 1.63. The van der Waals surface area contributed by atoms with Gasteiger partial charge in [-0.3, -0.25) is 0 Å². The molecule has 0 radical (unpaired) electrons. The lowest BCUT2D eigenvalue weighted by Crippen LogP contribution is -2.40. The molecule has 0 unspecified atom stereocenters. The first-order valence-electron chi connectivity index (χ1n) is 13.9. The smallest absolute Gasteiger partial charge is 0.167 e. The lowest BCUT2D eigenvalue weighted by molar-refractivity contribution is -0.0123. The van der Waals surface area contributed by atoms with Gasteiger partial charge in [-0.1, -0.05) is 41.5 Å². The number of rotatable bonds is 10. The zero-order chi connectivity index (χ0) is 24.9. The first kappa shape index (κ1) is 29.5. The highest BCUT2D eigenvalue weighted by Gasteiger charge is 2.36. The average Bonchev–Trinajstić information content (AvgIpc) is 2.71. The van der Waals surface area contributed by atoms with Crippen molar-refractivity contribution in [2.75, 3.05) is 13.2 Å². The number of ether oxygens (including phenoxy) is 1. The molecule has 0 saturated heterocycles. The Hall–Kier alpha value is 0.314. The van der Waals surface area contributed by atoms with E-state index in [9.17, 15) is 0 Å². The van der Waals surface area contributed by atoms with Crippen LogP contribution >= 0.6 is 0 Å². The molecule has 2 aliphatic carbocycles. The van der Waals surface area contributed by atoms with Crippen molar-refractivity contribution in [2.24, 2.45) is 23.7 Å². The molecular formula is C28H58O3Si2. The third kappa shape index (κ3) is 10.9. The van der Waals surface area contributed by atoms with E-state index in [2.05, 4.69) is 69.2 Å². The molecule has 2 rings (SSSR count). The predicted molar refractivity (Wildman–Crippen MR) is 149 cm³/mol. The van der Waals surface area contributed by atoms with Crippen molar-refractivity contribution in [3.63, 3.8) is 0 Å². The van der Waals surface area contributed by atoms with Crippen molar-refractivity contribution in [1.82, 2.24) is 0 Å². The fourth-order valence-corrected chi connectivity index (χ4v) is 7.57. The quantitative estimate of drug-likeness (QED) is 0.310. The van der Waals surface area contributed by atoms with E-state index >= 15 is 0 Å². The van der Waals surface area contributed by atoms with Gasteiger partial charge in [0.1, 0.15) is 0 Å². The minimum atomic E-state index is -0.491. The largest absolute Gasteiger partial charge is 0.418 e. The fourth-order valence-electron chi connectivity index (χ4n) is 5.49. The molecule has 0 N–H and O–H groups in total. The van der Waals surface area contributed by atoms with Crippen molar-refractivity contribution in [3.8, 4) is 0 Å². The van der Waals surface area contributed by atoms with E-state index in [-0.39, 0.29) is 11.2 Å². The van der Waals surface area contributed by atoms with Gasteiger partial charge in [0.2, 0.25) is 0 Å². The molecule has 0 bridgehead atoms. The molecule has 3 nitrogen and oxygen atoms in total. The van der Waals surface area contributed by atoms with Gasteiger partial charge in [0.15, 0.2) is 19.5 Å². The van der Waals surface area contributed by atoms with Crippen LogP contribution in [0.1, 0.15) is 121 Å². The van der Waals surface area contributed by atoms with Crippen LogP contribution in [-0.2, 0) is 13.6 Å². The highest BCUT2D eigenvalue weighted by atomic mass is 28.2. The minimum Gasteiger partial charge on any atom is -0.418 e. The number of hydrogen-bond donors (Lipinski definition) is 0. The highest BCUT2D eigenvalue weighted by molar-refractivity contribution is 6.32. The maximum absolute atomic E-state index is 6.49. The van der Waals surface area contributed by atoms with Crippen molar-refractivity contribution >= 4 is 19.5 Å². The number of hydrogen-bond acceptors (Lipinski definition) is 3. The summed E-state index contributed by atoms with van der Waals surface area (Å²) in [6.45, 7) is 25.2. The van der Waals surface area contributed by atoms with Gasteiger partial charge >= 0.3 is 0 Å². The van der Waals surface area contributed by atoms with Crippen LogP contribution in [0, 0.1) is 23.7 Å². The van der Waals surface area contributed by atoms with Crippen molar-refractivity contribution < 1.29 is 13.6 Å². The monoisotopic (exact) mass is 498 g/mol. The summed E-state index contributed by atoms with van der Waals surface area (Å²) < 4.78 is 19.3. The first-order chi connectivity index (χ1) is 15.1. The van der Waals surface area contributed by atoms with Gasteiger partial charge in [-0.25, -0.2) is 0 Å². The second-order valence-electron chi connectivity index (χ2n) is 14.9. The van der Waals surface area contributed by atoms with Crippen LogP contribution in [0.15, 0.2) is 0 Å². The van der Waals surface area contributed by atoms with Crippen LogP contribution < -0.4 is 0 Å². The molecule has 0 heterocycles. The normalized spacial score (nSPS) is 28.9. The first-order valence-corrected chi connectivity index (χ1v) is 16.5. The van der Waals surface area contributed by atoms with E-state index in [4.69, 9.17) is 13.6 Å². The molecule has 2 fully saturated rings. The lowest BCUT2D eigenvalue weighted by Gasteiger charge is -2.41. The van der Waals surface area contributed by atoms with Crippen LogP contribution in [-0.4, -0.2) is 43.9 Å². The van der Waals surface area contributed by atoms with Crippen molar-refractivity contribution in [1.29, 1.82) is 0 Å². The Morgan fingerprint density at radius 3 is 1.09 bits per heavy atom. The third-order valence-corrected chi connectivity index (χ3v) is 11.6. The van der Waals surface area contributed by atoms with Crippen LogP contribution in [0.3, 0.4) is 0 Å². The molecule has 0 amide bonds. The molecule has 2 aliphatic rings. The topological polar surface area (TPSA) is 27.7 Å². The molecule has 0 aromatic carbocycles. The lowest BCUT2D eigenvalue weighted by atomic mass is 9.75. The Morgan fingerprint density at radius 2 is 0.818 bits per heavy atom. The van der Waals surface area contributed by atoms with Crippen molar-refractivity contribution in [2.45, 2.75) is 142 Å². The standard InChI is InChI=1S/C28H58O3Si2/c1-25(2,3)32-30-27(7,8)23-15-11-21(12-16-23)19-29-20-22-13-17-24(18-14-22)28(9,10)31-33-26(4,5)6/h21-24H,11-20,32-33H2,1-10H3. The van der Waals surface area contributed by atoms with Gasteiger partial charge in [0, 0.05) is 13.2 Å². The third-order valence-electron chi connectivity index (χ3n) is 8.12. The molecule has 0 aromatic heterocycles. The van der Waals surface area contributed by atoms with Crippen molar-refractivity contribution in [3.05, 3.63) is 0 Å². The molecule has 0 aromatic rings. The van der Waals surface area contributed by atoms with Crippen LogP contribution in [0.2, 0.25) is 10.1 Å². The second kappa shape index (κ2) is 12.0. The Kier molecular flexibility index (Phi) is 10.8. The van der Waals surface area contributed by atoms with E-state index in [0.29, 0.717) is 21.9 Å². The molecule has 33 heavy (non-hydrogen) atoms. The van der Waals surface area contributed by atoms with E-state index in [1.54, 1.807) is 0 Å². The summed E-state index contributed by atoms with van der Waals surface area (Å²) in [6.07, 6.45) is 10.5. The molecule has 2 saturated carbocycles. The molecule has 0 atom stereocenters. The van der Waals surface area contributed by atoms with Gasteiger partial charge in [0.25, 0.3) is 0 Å². The summed E-state index contributed by atoms with van der Waals surface area (Å²) in [5, 5.41) is 0.747. The summed E-state index contributed by atoms with van der Waals surface area (Å²) in [7, 11) is -0.981. The summed E-state index contributed by atoms with van der Waals surface area (Å²) in [5.74, 6) is 2.93.